The third-order valence-electron chi connectivity index (χ3n) is 4.38. The lowest BCUT2D eigenvalue weighted by molar-refractivity contribution is 0.0652. The Kier molecular flexibility index (Phi) is 4.24. The first-order valence-corrected chi connectivity index (χ1v) is 8.28. The second-order valence-corrected chi connectivity index (χ2v) is 6.04. The molecule has 0 bridgehead atoms. The van der Waals surface area contributed by atoms with Crippen molar-refractivity contribution in [1.82, 2.24) is 29.5 Å². The molecule has 1 aliphatic heterocycles. The van der Waals surface area contributed by atoms with Crippen molar-refractivity contribution in [2.75, 3.05) is 19.7 Å². The van der Waals surface area contributed by atoms with Crippen LogP contribution in [0.3, 0.4) is 0 Å². The molecule has 1 saturated heterocycles. The summed E-state index contributed by atoms with van der Waals surface area (Å²) in [6, 6.07) is 3.71. The smallest absolute Gasteiger partial charge is 0.274 e. The molecule has 0 aromatic carbocycles. The molecule has 4 rings (SSSR count). The van der Waals surface area contributed by atoms with Gasteiger partial charge in [0.15, 0.2) is 5.65 Å². The lowest BCUT2D eigenvalue weighted by atomic mass is 9.97. The first-order valence-electron chi connectivity index (χ1n) is 8.28. The highest BCUT2D eigenvalue weighted by atomic mass is 16.5. The second kappa shape index (κ2) is 6.84. The number of fused-ring (bicyclic) bond motifs is 1. The van der Waals surface area contributed by atoms with E-state index in [-0.39, 0.29) is 5.91 Å². The van der Waals surface area contributed by atoms with Crippen LogP contribution in [0, 0.1) is 5.92 Å². The molecule has 1 amide bonds. The number of ether oxygens (including phenoxy) is 1. The summed E-state index contributed by atoms with van der Waals surface area (Å²) in [5.74, 6) is 0.939. The largest absolute Gasteiger partial charge is 0.476 e. The van der Waals surface area contributed by atoms with Crippen LogP contribution in [0.5, 0.6) is 5.88 Å². The lowest BCUT2D eigenvalue weighted by Crippen LogP contribution is -2.40. The van der Waals surface area contributed by atoms with E-state index in [2.05, 4.69) is 20.1 Å². The minimum Gasteiger partial charge on any atom is -0.476 e. The molecule has 3 aromatic heterocycles. The number of likely N-dealkylation sites (tertiary alicyclic amines) is 1. The van der Waals surface area contributed by atoms with Crippen LogP contribution in [0.4, 0.5) is 0 Å². The number of carbonyl (C=O) groups excluding carboxylic acids is 1. The highest BCUT2D eigenvalue weighted by Crippen LogP contribution is 2.20. The van der Waals surface area contributed by atoms with Gasteiger partial charge >= 0.3 is 0 Å². The predicted molar refractivity (Wildman–Crippen MR) is 89.1 cm³/mol. The van der Waals surface area contributed by atoms with Crippen LogP contribution in [-0.4, -0.2) is 55.1 Å². The van der Waals surface area contributed by atoms with Crippen molar-refractivity contribution in [1.29, 1.82) is 0 Å². The van der Waals surface area contributed by atoms with Crippen molar-refractivity contribution < 1.29 is 9.53 Å². The summed E-state index contributed by atoms with van der Waals surface area (Å²) >= 11 is 0. The van der Waals surface area contributed by atoms with Gasteiger partial charge in [-0.1, -0.05) is 0 Å². The Hall–Kier alpha value is -3.03. The van der Waals surface area contributed by atoms with E-state index < -0.39 is 0 Å². The average Bonchev–Trinajstić information content (AvgIpc) is 3.15. The summed E-state index contributed by atoms with van der Waals surface area (Å²) in [5.41, 5.74) is 1.19. The number of imidazole rings is 1. The monoisotopic (exact) mass is 338 g/mol. The maximum absolute atomic E-state index is 12.4. The van der Waals surface area contributed by atoms with E-state index in [4.69, 9.17) is 4.74 Å². The van der Waals surface area contributed by atoms with Gasteiger partial charge in [-0.05, 0) is 24.8 Å². The second-order valence-electron chi connectivity index (χ2n) is 6.04. The SMILES string of the molecule is O=C(c1cnccn1)N1CCC(COc2ccc3nccn3n2)CC1. The molecule has 0 unspecified atom stereocenters. The van der Waals surface area contributed by atoms with Crippen molar-refractivity contribution in [2.45, 2.75) is 12.8 Å². The molecular formula is C17H18N6O2. The maximum Gasteiger partial charge on any atom is 0.274 e. The highest BCUT2D eigenvalue weighted by Gasteiger charge is 2.24. The normalized spacial score (nSPS) is 15.4. The summed E-state index contributed by atoms with van der Waals surface area (Å²) in [6.45, 7) is 2.01. The molecule has 4 heterocycles. The molecule has 8 heteroatoms. The number of hydrogen-bond donors (Lipinski definition) is 0. The van der Waals surface area contributed by atoms with Gasteiger partial charge in [-0.25, -0.2) is 14.5 Å². The van der Waals surface area contributed by atoms with Gasteiger partial charge in [0, 0.05) is 43.9 Å². The van der Waals surface area contributed by atoms with Gasteiger partial charge < -0.3 is 9.64 Å². The Bertz CT molecular complexity index is 858. The topological polar surface area (TPSA) is 85.5 Å². The van der Waals surface area contributed by atoms with Gasteiger partial charge in [-0.3, -0.25) is 9.78 Å². The van der Waals surface area contributed by atoms with Gasteiger partial charge in [-0.15, -0.1) is 5.10 Å². The Labute approximate surface area is 144 Å². The molecule has 0 saturated carbocycles. The predicted octanol–water partition coefficient (Wildman–Crippen LogP) is 1.45. The molecule has 25 heavy (non-hydrogen) atoms. The number of aromatic nitrogens is 5. The zero-order valence-electron chi connectivity index (χ0n) is 13.7. The third-order valence-corrected chi connectivity index (χ3v) is 4.38. The fourth-order valence-corrected chi connectivity index (χ4v) is 2.95. The number of piperidine rings is 1. The van der Waals surface area contributed by atoms with E-state index in [1.165, 1.54) is 12.4 Å². The van der Waals surface area contributed by atoms with Gasteiger partial charge in [-0.2, -0.15) is 0 Å². The van der Waals surface area contributed by atoms with Crippen LogP contribution in [0.25, 0.3) is 5.65 Å². The molecule has 0 radical (unpaired) electrons. The number of amides is 1. The first-order chi connectivity index (χ1) is 12.3. The zero-order chi connectivity index (χ0) is 17.1. The van der Waals surface area contributed by atoms with E-state index in [0.717, 1.165) is 18.5 Å². The molecule has 0 spiro atoms. The molecule has 1 fully saturated rings. The van der Waals surface area contributed by atoms with Crippen LogP contribution in [-0.2, 0) is 0 Å². The minimum atomic E-state index is -0.0558. The van der Waals surface area contributed by atoms with Crippen molar-refractivity contribution >= 4 is 11.6 Å². The molecule has 3 aromatic rings. The maximum atomic E-state index is 12.4. The molecule has 8 nitrogen and oxygen atoms in total. The Morgan fingerprint density at radius 2 is 2.04 bits per heavy atom. The summed E-state index contributed by atoms with van der Waals surface area (Å²) in [7, 11) is 0. The van der Waals surface area contributed by atoms with Gasteiger partial charge in [0.05, 0.1) is 12.8 Å². The van der Waals surface area contributed by atoms with Crippen LogP contribution < -0.4 is 4.74 Å². The van der Waals surface area contributed by atoms with Crippen molar-refractivity contribution in [2.24, 2.45) is 5.92 Å². The lowest BCUT2D eigenvalue weighted by Gasteiger charge is -2.31. The summed E-state index contributed by atoms with van der Waals surface area (Å²) in [5, 5.41) is 4.35. The van der Waals surface area contributed by atoms with Crippen LogP contribution in [0.2, 0.25) is 0 Å². The Balaban J connectivity index is 1.29. The van der Waals surface area contributed by atoms with E-state index >= 15 is 0 Å². The molecule has 128 valence electrons. The third kappa shape index (κ3) is 3.42. The fourth-order valence-electron chi connectivity index (χ4n) is 2.95. The van der Waals surface area contributed by atoms with Crippen LogP contribution >= 0.6 is 0 Å². The first kappa shape index (κ1) is 15.5. The van der Waals surface area contributed by atoms with E-state index in [1.54, 1.807) is 23.1 Å². The van der Waals surface area contributed by atoms with Crippen molar-refractivity contribution in [3.05, 3.63) is 48.8 Å². The average molecular weight is 338 g/mol. The molecule has 0 N–H and O–H groups in total. The van der Waals surface area contributed by atoms with Gasteiger partial charge in [0.25, 0.3) is 5.91 Å². The van der Waals surface area contributed by atoms with Gasteiger partial charge in [0.2, 0.25) is 5.88 Å². The number of rotatable bonds is 4. The summed E-state index contributed by atoms with van der Waals surface area (Å²) < 4.78 is 7.51. The Morgan fingerprint density at radius 3 is 2.84 bits per heavy atom. The number of carbonyl (C=O) groups is 1. The Morgan fingerprint density at radius 1 is 1.16 bits per heavy atom. The fraction of sp³-hybridized carbons (Fsp3) is 0.353. The quantitative estimate of drug-likeness (QED) is 0.716. The number of nitrogens with zero attached hydrogens (tertiary/aromatic N) is 6. The minimum absolute atomic E-state index is 0.0558. The van der Waals surface area contributed by atoms with Crippen LogP contribution in [0.15, 0.2) is 43.1 Å². The standard InChI is InChI=1S/C17H18N6O2/c24-17(14-11-18-5-6-19-14)22-8-3-13(4-9-22)12-25-16-2-1-15-20-7-10-23(15)21-16/h1-2,5-7,10-11,13H,3-4,8-9,12H2. The molecular weight excluding hydrogens is 320 g/mol. The zero-order valence-corrected chi connectivity index (χ0v) is 13.7. The van der Waals surface area contributed by atoms with E-state index in [0.29, 0.717) is 37.2 Å². The van der Waals surface area contributed by atoms with Crippen LogP contribution in [0.1, 0.15) is 23.3 Å². The molecule has 1 aliphatic rings. The number of hydrogen-bond acceptors (Lipinski definition) is 6. The van der Waals surface area contributed by atoms with E-state index in [9.17, 15) is 4.79 Å². The van der Waals surface area contributed by atoms with Crippen molar-refractivity contribution in [3.63, 3.8) is 0 Å². The summed E-state index contributed by atoms with van der Waals surface area (Å²) in [4.78, 5) is 26.4. The molecule has 0 atom stereocenters. The highest BCUT2D eigenvalue weighted by molar-refractivity contribution is 5.92. The van der Waals surface area contributed by atoms with E-state index in [1.807, 2.05) is 17.0 Å². The summed E-state index contributed by atoms with van der Waals surface area (Å²) in [6.07, 6.45) is 9.91. The molecule has 0 aliphatic carbocycles. The van der Waals surface area contributed by atoms with Gasteiger partial charge in [0.1, 0.15) is 5.69 Å². The van der Waals surface area contributed by atoms with Crippen molar-refractivity contribution in [3.8, 4) is 5.88 Å².